The second kappa shape index (κ2) is 8.55. The number of hydrogen-bond acceptors (Lipinski definition) is 5. The van der Waals surface area contributed by atoms with Gasteiger partial charge in [-0.3, -0.25) is 9.59 Å². The molecule has 0 radical (unpaired) electrons. The Morgan fingerprint density at radius 2 is 1.90 bits per heavy atom. The largest absolute Gasteiger partial charge is 0.363 e. The lowest BCUT2D eigenvalue weighted by atomic mass is 10.0. The molecule has 29 heavy (non-hydrogen) atoms. The lowest BCUT2D eigenvalue weighted by Crippen LogP contribution is -2.27. The van der Waals surface area contributed by atoms with Crippen LogP contribution >= 0.6 is 0 Å². The van der Waals surface area contributed by atoms with E-state index < -0.39 is 0 Å². The third kappa shape index (κ3) is 4.70. The predicted octanol–water partition coefficient (Wildman–Crippen LogP) is 2.57. The Morgan fingerprint density at radius 3 is 2.52 bits per heavy atom. The minimum Gasteiger partial charge on any atom is -0.363 e. The summed E-state index contributed by atoms with van der Waals surface area (Å²) < 4.78 is 13.2. The van der Waals surface area contributed by atoms with E-state index >= 15 is 0 Å². The number of rotatable bonds is 6. The van der Waals surface area contributed by atoms with Crippen molar-refractivity contribution in [1.82, 2.24) is 14.9 Å². The first kappa shape index (κ1) is 20.7. The highest BCUT2D eigenvalue weighted by Crippen LogP contribution is 2.32. The Kier molecular flexibility index (Phi) is 6.10. The van der Waals surface area contributed by atoms with Gasteiger partial charge >= 0.3 is 0 Å². The number of carbonyl (C=O) groups is 2. The van der Waals surface area contributed by atoms with Gasteiger partial charge in [-0.2, -0.15) is 0 Å². The highest BCUT2D eigenvalue weighted by molar-refractivity contribution is 5.96. The minimum atomic E-state index is -0.334. The van der Waals surface area contributed by atoms with Gasteiger partial charge < -0.3 is 14.7 Å². The van der Waals surface area contributed by atoms with Gasteiger partial charge in [0.25, 0.3) is 0 Å². The molecule has 0 bridgehead atoms. The van der Waals surface area contributed by atoms with Crippen molar-refractivity contribution in [2.75, 3.05) is 37.5 Å². The van der Waals surface area contributed by atoms with Crippen LogP contribution in [0, 0.1) is 5.82 Å². The van der Waals surface area contributed by atoms with Crippen LogP contribution in [0.5, 0.6) is 0 Å². The van der Waals surface area contributed by atoms with Gasteiger partial charge in [0.2, 0.25) is 11.8 Å². The van der Waals surface area contributed by atoms with E-state index in [-0.39, 0.29) is 23.5 Å². The molecule has 154 valence electrons. The number of nitrogens with zero attached hydrogens (tertiary/aromatic N) is 5. The predicted molar refractivity (Wildman–Crippen MR) is 109 cm³/mol. The van der Waals surface area contributed by atoms with E-state index in [9.17, 15) is 14.0 Å². The Labute approximate surface area is 170 Å². The molecule has 0 spiro atoms. The van der Waals surface area contributed by atoms with Crippen LogP contribution in [0.2, 0.25) is 0 Å². The second-order valence-electron chi connectivity index (χ2n) is 7.45. The number of hydrogen-bond donors (Lipinski definition) is 0. The van der Waals surface area contributed by atoms with E-state index in [0.717, 1.165) is 11.5 Å². The maximum Gasteiger partial charge on any atom is 0.227 e. The zero-order valence-electron chi connectivity index (χ0n) is 17.2. The van der Waals surface area contributed by atoms with Crippen LogP contribution in [-0.4, -0.2) is 54.4 Å². The number of amides is 2. The summed E-state index contributed by atoms with van der Waals surface area (Å²) in [6.07, 6.45) is 0.741. The van der Waals surface area contributed by atoms with Crippen molar-refractivity contribution in [2.24, 2.45) is 0 Å². The molecule has 8 heteroatoms. The summed E-state index contributed by atoms with van der Waals surface area (Å²) in [5, 5.41) is 0. The standard InChI is InChI=1S/C21H26FN5O2/c1-5-20(28)26(4)13-18-23-17(11-19(24-18)25(2)3)14-10-21(29)27(12-14)16-8-6-15(22)7-9-16/h6-9,11,14H,5,10,12-13H2,1-4H3. The molecule has 1 aliphatic heterocycles. The van der Waals surface area contributed by atoms with Gasteiger partial charge in [0.15, 0.2) is 0 Å². The van der Waals surface area contributed by atoms with Crippen molar-refractivity contribution in [3.63, 3.8) is 0 Å². The summed E-state index contributed by atoms with van der Waals surface area (Å²) in [5.74, 6) is 0.840. The van der Waals surface area contributed by atoms with Crippen LogP contribution in [0.1, 0.15) is 37.2 Å². The normalized spacial score (nSPS) is 16.2. The molecule has 2 amide bonds. The Hall–Kier alpha value is -3.03. The number of anilines is 2. The van der Waals surface area contributed by atoms with E-state index in [4.69, 9.17) is 0 Å². The maximum absolute atomic E-state index is 13.2. The van der Waals surface area contributed by atoms with Crippen LogP contribution in [0.4, 0.5) is 15.9 Å². The van der Waals surface area contributed by atoms with Gasteiger partial charge in [-0.25, -0.2) is 14.4 Å². The van der Waals surface area contributed by atoms with Crippen molar-refractivity contribution in [3.8, 4) is 0 Å². The van der Waals surface area contributed by atoms with Crippen LogP contribution in [0.15, 0.2) is 30.3 Å². The molecule has 0 N–H and O–H groups in total. The first-order valence-corrected chi connectivity index (χ1v) is 9.63. The number of benzene rings is 1. The lowest BCUT2D eigenvalue weighted by Gasteiger charge is -2.20. The first-order chi connectivity index (χ1) is 13.8. The van der Waals surface area contributed by atoms with Gasteiger partial charge in [-0.1, -0.05) is 6.92 Å². The van der Waals surface area contributed by atoms with E-state index in [2.05, 4.69) is 9.97 Å². The second-order valence-corrected chi connectivity index (χ2v) is 7.45. The average molecular weight is 399 g/mol. The van der Waals surface area contributed by atoms with E-state index in [1.807, 2.05) is 32.0 Å². The third-order valence-electron chi connectivity index (χ3n) is 5.03. The molecule has 1 aliphatic rings. The van der Waals surface area contributed by atoms with Crippen LogP contribution in [0.3, 0.4) is 0 Å². The molecule has 1 atom stereocenters. The summed E-state index contributed by atoms with van der Waals surface area (Å²) in [7, 11) is 5.51. The van der Waals surface area contributed by atoms with Crippen molar-refractivity contribution in [3.05, 3.63) is 47.7 Å². The summed E-state index contributed by atoms with van der Waals surface area (Å²) in [6.45, 7) is 2.59. The van der Waals surface area contributed by atoms with E-state index in [1.165, 1.54) is 12.1 Å². The molecular formula is C21H26FN5O2. The van der Waals surface area contributed by atoms with Gasteiger partial charge in [-0.15, -0.1) is 0 Å². The van der Waals surface area contributed by atoms with Gasteiger partial charge in [0.1, 0.15) is 17.5 Å². The topological polar surface area (TPSA) is 69.6 Å². The summed E-state index contributed by atoms with van der Waals surface area (Å²) in [5.41, 5.74) is 1.45. The summed E-state index contributed by atoms with van der Waals surface area (Å²) in [6, 6.07) is 7.80. The maximum atomic E-state index is 13.2. The summed E-state index contributed by atoms with van der Waals surface area (Å²) in [4.78, 5) is 38.9. The molecule has 1 unspecified atom stereocenters. The molecule has 1 aromatic carbocycles. The zero-order valence-corrected chi connectivity index (χ0v) is 17.2. The average Bonchev–Trinajstić information content (AvgIpc) is 3.09. The van der Waals surface area contributed by atoms with Crippen molar-refractivity contribution < 1.29 is 14.0 Å². The number of carbonyl (C=O) groups excluding carboxylic acids is 2. The lowest BCUT2D eigenvalue weighted by molar-refractivity contribution is -0.130. The molecule has 2 heterocycles. The van der Waals surface area contributed by atoms with Gasteiger partial charge in [0.05, 0.1) is 12.2 Å². The Balaban J connectivity index is 1.86. The fraction of sp³-hybridized carbons (Fsp3) is 0.429. The molecule has 0 saturated carbocycles. The van der Waals surface area contributed by atoms with Crippen LogP contribution in [0.25, 0.3) is 0 Å². The molecule has 2 aromatic rings. The molecule has 1 saturated heterocycles. The molecule has 1 fully saturated rings. The zero-order chi connectivity index (χ0) is 21.1. The molecule has 0 aliphatic carbocycles. The fourth-order valence-corrected chi connectivity index (χ4v) is 3.36. The van der Waals surface area contributed by atoms with Crippen molar-refractivity contribution in [2.45, 2.75) is 32.2 Å². The minimum absolute atomic E-state index is 0.0175. The smallest absolute Gasteiger partial charge is 0.227 e. The van der Waals surface area contributed by atoms with E-state index in [0.29, 0.717) is 37.4 Å². The summed E-state index contributed by atoms with van der Waals surface area (Å²) >= 11 is 0. The van der Waals surface area contributed by atoms with Crippen molar-refractivity contribution in [1.29, 1.82) is 0 Å². The van der Waals surface area contributed by atoms with E-state index in [1.54, 1.807) is 29.0 Å². The highest BCUT2D eigenvalue weighted by atomic mass is 19.1. The Morgan fingerprint density at radius 1 is 1.21 bits per heavy atom. The van der Waals surface area contributed by atoms with Crippen LogP contribution < -0.4 is 9.80 Å². The SMILES string of the molecule is CCC(=O)N(C)Cc1nc(C2CC(=O)N(c3ccc(F)cc3)C2)cc(N(C)C)n1. The third-order valence-corrected chi connectivity index (χ3v) is 5.03. The number of halogens is 1. The van der Waals surface area contributed by atoms with Crippen molar-refractivity contribution >= 4 is 23.3 Å². The first-order valence-electron chi connectivity index (χ1n) is 9.63. The molecular weight excluding hydrogens is 373 g/mol. The molecule has 7 nitrogen and oxygen atoms in total. The number of aromatic nitrogens is 2. The fourth-order valence-electron chi connectivity index (χ4n) is 3.36. The Bertz CT molecular complexity index is 900. The highest BCUT2D eigenvalue weighted by Gasteiger charge is 2.33. The molecule has 1 aromatic heterocycles. The van der Waals surface area contributed by atoms with Gasteiger partial charge in [0, 0.05) is 58.2 Å². The van der Waals surface area contributed by atoms with Gasteiger partial charge in [-0.05, 0) is 24.3 Å². The quantitative estimate of drug-likeness (QED) is 0.747. The molecule has 3 rings (SSSR count). The monoisotopic (exact) mass is 399 g/mol. The van der Waals surface area contributed by atoms with Crippen LogP contribution in [-0.2, 0) is 16.1 Å².